The average Bonchev–Trinajstić information content (AvgIpc) is 2.28. The van der Waals surface area contributed by atoms with E-state index in [1.165, 1.54) is 6.07 Å². The van der Waals surface area contributed by atoms with Crippen molar-refractivity contribution in [1.82, 2.24) is 4.31 Å². The highest BCUT2D eigenvalue weighted by atomic mass is 32.2. The summed E-state index contributed by atoms with van der Waals surface area (Å²) in [6.07, 6.45) is 1.84. The van der Waals surface area contributed by atoms with E-state index in [1.807, 2.05) is 6.92 Å². The van der Waals surface area contributed by atoms with Crippen molar-refractivity contribution in [3.8, 4) is 0 Å². The third-order valence-electron chi connectivity index (χ3n) is 3.54. The van der Waals surface area contributed by atoms with Crippen LogP contribution in [0.5, 0.6) is 0 Å². The second kappa shape index (κ2) is 4.90. The summed E-state index contributed by atoms with van der Waals surface area (Å²) < 4.78 is 26.7. The van der Waals surface area contributed by atoms with E-state index >= 15 is 0 Å². The van der Waals surface area contributed by atoms with E-state index in [-0.39, 0.29) is 6.04 Å². The summed E-state index contributed by atoms with van der Waals surface area (Å²) in [5.41, 5.74) is 6.14. The first kappa shape index (κ1) is 13.4. The summed E-state index contributed by atoms with van der Waals surface area (Å²) in [5.74, 6) is 0.590. The van der Waals surface area contributed by atoms with Crippen molar-refractivity contribution in [2.75, 3.05) is 12.3 Å². The number of nitrogens with zero attached hydrogens (tertiary/aromatic N) is 1. The van der Waals surface area contributed by atoms with E-state index in [0.717, 1.165) is 12.8 Å². The molecule has 2 atom stereocenters. The van der Waals surface area contributed by atoms with Crippen LogP contribution >= 0.6 is 0 Å². The number of sulfonamides is 1. The lowest BCUT2D eigenvalue weighted by molar-refractivity contribution is 0.220. The molecule has 1 saturated heterocycles. The summed E-state index contributed by atoms with van der Waals surface area (Å²) >= 11 is 0. The van der Waals surface area contributed by atoms with Gasteiger partial charge in [-0.3, -0.25) is 0 Å². The zero-order chi connectivity index (χ0) is 13.3. The van der Waals surface area contributed by atoms with Gasteiger partial charge in [-0.15, -0.1) is 0 Å². The predicted molar refractivity (Wildman–Crippen MR) is 72.6 cm³/mol. The molecule has 4 nitrogen and oxygen atoms in total. The molecule has 1 heterocycles. The summed E-state index contributed by atoms with van der Waals surface area (Å²) in [6.45, 7) is 4.74. The Morgan fingerprint density at radius 3 is 2.67 bits per heavy atom. The molecule has 100 valence electrons. The third kappa shape index (κ3) is 2.52. The standard InChI is InChI=1S/C13H20N2O2S/c1-10-6-7-15(11(2)8-10)18(16,17)13-5-3-4-12(14)9-13/h3-5,9-11H,6-8,14H2,1-2H3. The van der Waals surface area contributed by atoms with E-state index in [1.54, 1.807) is 22.5 Å². The van der Waals surface area contributed by atoms with Gasteiger partial charge in [-0.1, -0.05) is 13.0 Å². The fourth-order valence-corrected chi connectivity index (χ4v) is 4.27. The highest BCUT2D eigenvalue weighted by Gasteiger charge is 2.33. The van der Waals surface area contributed by atoms with Crippen molar-refractivity contribution in [2.45, 2.75) is 37.6 Å². The van der Waals surface area contributed by atoms with Crippen molar-refractivity contribution in [1.29, 1.82) is 0 Å². The minimum Gasteiger partial charge on any atom is -0.399 e. The Morgan fingerprint density at radius 1 is 1.33 bits per heavy atom. The molecule has 1 aromatic rings. The lowest BCUT2D eigenvalue weighted by Gasteiger charge is -2.35. The number of nitrogens with two attached hydrogens (primary N) is 1. The summed E-state index contributed by atoms with van der Waals surface area (Å²) in [5, 5.41) is 0. The summed E-state index contributed by atoms with van der Waals surface area (Å²) in [4.78, 5) is 0.295. The van der Waals surface area contributed by atoms with E-state index in [4.69, 9.17) is 5.73 Å². The van der Waals surface area contributed by atoms with Gasteiger partial charge in [0.1, 0.15) is 0 Å². The molecule has 0 spiro atoms. The van der Waals surface area contributed by atoms with Crippen molar-refractivity contribution >= 4 is 15.7 Å². The van der Waals surface area contributed by atoms with Crippen LogP contribution < -0.4 is 5.73 Å². The molecular formula is C13H20N2O2S. The first-order chi connectivity index (χ1) is 8.41. The molecule has 2 rings (SSSR count). The van der Waals surface area contributed by atoms with Crippen LogP contribution in [0.1, 0.15) is 26.7 Å². The molecule has 1 fully saturated rings. The Morgan fingerprint density at radius 2 is 2.06 bits per heavy atom. The molecule has 5 heteroatoms. The van der Waals surface area contributed by atoms with Crippen molar-refractivity contribution < 1.29 is 8.42 Å². The van der Waals surface area contributed by atoms with Gasteiger partial charge >= 0.3 is 0 Å². The lowest BCUT2D eigenvalue weighted by Crippen LogP contribution is -2.44. The third-order valence-corrected chi connectivity index (χ3v) is 5.55. The highest BCUT2D eigenvalue weighted by Crippen LogP contribution is 2.28. The number of rotatable bonds is 2. The first-order valence-electron chi connectivity index (χ1n) is 6.28. The van der Waals surface area contributed by atoms with E-state index < -0.39 is 10.0 Å². The van der Waals surface area contributed by atoms with Crippen LogP contribution in [0.3, 0.4) is 0 Å². The Bertz CT molecular complexity index is 528. The van der Waals surface area contributed by atoms with Crippen LogP contribution in [0.4, 0.5) is 5.69 Å². The molecule has 0 radical (unpaired) electrons. The molecule has 0 saturated carbocycles. The Balaban J connectivity index is 2.31. The van der Waals surface area contributed by atoms with Crippen LogP contribution in [-0.2, 0) is 10.0 Å². The van der Waals surface area contributed by atoms with Crippen molar-refractivity contribution in [3.63, 3.8) is 0 Å². The molecule has 0 aliphatic carbocycles. The van der Waals surface area contributed by atoms with Crippen molar-refractivity contribution in [3.05, 3.63) is 24.3 Å². The maximum absolute atomic E-state index is 12.5. The molecule has 1 aliphatic heterocycles. The maximum atomic E-state index is 12.5. The monoisotopic (exact) mass is 268 g/mol. The van der Waals surface area contributed by atoms with Gasteiger partial charge in [0.05, 0.1) is 4.90 Å². The van der Waals surface area contributed by atoms with Crippen LogP contribution in [0, 0.1) is 5.92 Å². The van der Waals surface area contributed by atoms with Gasteiger partial charge in [-0.05, 0) is 43.9 Å². The minimum absolute atomic E-state index is 0.0557. The van der Waals surface area contributed by atoms with Gasteiger partial charge in [0.25, 0.3) is 0 Å². The predicted octanol–water partition coefficient (Wildman–Crippen LogP) is 2.08. The average molecular weight is 268 g/mol. The quantitative estimate of drug-likeness (QED) is 0.835. The topological polar surface area (TPSA) is 63.4 Å². The van der Waals surface area contributed by atoms with Crippen LogP contribution in [-0.4, -0.2) is 25.3 Å². The number of anilines is 1. The fraction of sp³-hybridized carbons (Fsp3) is 0.538. The normalized spacial score (nSPS) is 26.1. The summed E-state index contributed by atoms with van der Waals surface area (Å²) in [6, 6.07) is 6.57. The molecule has 2 N–H and O–H groups in total. The van der Waals surface area contributed by atoms with Gasteiger partial charge in [0, 0.05) is 18.3 Å². The molecular weight excluding hydrogens is 248 g/mol. The smallest absolute Gasteiger partial charge is 0.243 e. The van der Waals surface area contributed by atoms with Crippen LogP contribution in [0.15, 0.2) is 29.2 Å². The van der Waals surface area contributed by atoms with Gasteiger partial charge < -0.3 is 5.73 Å². The van der Waals surface area contributed by atoms with Crippen LogP contribution in [0.2, 0.25) is 0 Å². The fourth-order valence-electron chi connectivity index (χ4n) is 2.55. The molecule has 0 amide bonds. The second-order valence-electron chi connectivity index (χ2n) is 5.17. The SMILES string of the molecule is CC1CCN(S(=O)(=O)c2cccc(N)c2)C(C)C1. The van der Waals surface area contributed by atoms with E-state index in [0.29, 0.717) is 23.0 Å². The molecule has 1 aliphatic rings. The number of hydrogen-bond donors (Lipinski definition) is 1. The molecule has 1 aromatic carbocycles. The van der Waals surface area contributed by atoms with Gasteiger partial charge in [0.2, 0.25) is 10.0 Å². The Labute approximate surface area is 109 Å². The second-order valence-corrected chi connectivity index (χ2v) is 7.06. The molecule has 0 bridgehead atoms. The van der Waals surface area contributed by atoms with Gasteiger partial charge in [-0.2, -0.15) is 4.31 Å². The lowest BCUT2D eigenvalue weighted by atomic mass is 9.95. The van der Waals surface area contributed by atoms with Gasteiger partial charge in [0.15, 0.2) is 0 Å². The zero-order valence-corrected chi connectivity index (χ0v) is 11.7. The number of benzene rings is 1. The highest BCUT2D eigenvalue weighted by molar-refractivity contribution is 7.89. The number of piperidine rings is 1. The first-order valence-corrected chi connectivity index (χ1v) is 7.72. The van der Waals surface area contributed by atoms with E-state index in [9.17, 15) is 8.42 Å². The molecule has 0 aromatic heterocycles. The van der Waals surface area contributed by atoms with Gasteiger partial charge in [-0.25, -0.2) is 8.42 Å². The zero-order valence-electron chi connectivity index (χ0n) is 10.8. The largest absolute Gasteiger partial charge is 0.399 e. The van der Waals surface area contributed by atoms with Crippen LogP contribution in [0.25, 0.3) is 0 Å². The maximum Gasteiger partial charge on any atom is 0.243 e. The molecule has 2 unspecified atom stereocenters. The minimum atomic E-state index is -3.40. The number of hydrogen-bond acceptors (Lipinski definition) is 3. The van der Waals surface area contributed by atoms with E-state index in [2.05, 4.69) is 6.92 Å². The Hall–Kier alpha value is -1.07. The Kier molecular flexibility index (Phi) is 3.64. The summed E-state index contributed by atoms with van der Waals surface area (Å²) in [7, 11) is -3.40. The number of nitrogen functional groups attached to an aromatic ring is 1. The molecule has 18 heavy (non-hydrogen) atoms. The van der Waals surface area contributed by atoms with Crippen molar-refractivity contribution in [2.24, 2.45) is 5.92 Å².